The second-order valence-corrected chi connectivity index (χ2v) is 7.87. The summed E-state index contributed by atoms with van der Waals surface area (Å²) in [5, 5.41) is 0. The summed E-state index contributed by atoms with van der Waals surface area (Å²) in [5.41, 5.74) is 2.44. The molecular formula is C21H28N2O2. The van der Waals surface area contributed by atoms with Gasteiger partial charge in [0.1, 0.15) is 5.75 Å². The van der Waals surface area contributed by atoms with E-state index in [0.29, 0.717) is 0 Å². The summed E-state index contributed by atoms with van der Waals surface area (Å²) in [5.74, 6) is 0.794. The number of hydrogen-bond acceptors (Lipinski definition) is 2. The molecule has 0 N–H and O–H groups in total. The van der Waals surface area contributed by atoms with E-state index in [1.807, 2.05) is 36.1 Å². The van der Waals surface area contributed by atoms with Crippen LogP contribution in [0.15, 0.2) is 42.6 Å². The number of aromatic nitrogens is 1. The Morgan fingerprint density at radius 2 is 1.96 bits per heavy atom. The molecule has 1 aliphatic heterocycles. The van der Waals surface area contributed by atoms with Gasteiger partial charge < -0.3 is 14.2 Å². The van der Waals surface area contributed by atoms with Crippen LogP contribution in [-0.4, -0.2) is 28.0 Å². The molecule has 1 amide bonds. The van der Waals surface area contributed by atoms with E-state index in [-0.39, 0.29) is 17.4 Å². The molecule has 0 saturated heterocycles. The Bertz CT molecular complexity index is 757. The third-order valence-corrected chi connectivity index (χ3v) is 4.99. The van der Waals surface area contributed by atoms with Crippen LogP contribution >= 0.6 is 0 Å². The first-order valence-corrected chi connectivity index (χ1v) is 9.00. The van der Waals surface area contributed by atoms with E-state index in [1.165, 1.54) is 11.3 Å². The van der Waals surface area contributed by atoms with Crippen LogP contribution in [-0.2, 0) is 16.8 Å². The zero-order valence-electron chi connectivity index (χ0n) is 15.8. The number of amides is 1. The molecule has 2 heterocycles. The number of fused-ring (bicyclic) bond motifs is 1. The van der Waals surface area contributed by atoms with Gasteiger partial charge in [0.2, 0.25) is 0 Å². The topological polar surface area (TPSA) is 34.5 Å². The Kier molecular flexibility index (Phi) is 4.63. The van der Waals surface area contributed by atoms with Crippen molar-refractivity contribution in [1.29, 1.82) is 0 Å². The summed E-state index contributed by atoms with van der Waals surface area (Å²) in [7, 11) is 0. The molecule has 4 heteroatoms. The van der Waals surface area contributed by atoms with Gasteiger partial charge in [0.05, 0.1) is 6.04 Å². The second kappa shape index (κ2) is 6.58. The molecule has 3 rings (SSSR count). The summed E-state index contributed by atoms with van der Waals surface area (Å²) in [6, 6.07) is 12.2. The van der Waals surface area contributed by atoms with Crippen LogP contribution in [0.3, 0.4) is 0 Å². The minimum Gasteiger partial charge on any atom is -0.481 e. The summed E-state index contributed by atoms with van der Waals surface area (Å²) in [6.07, 6.45) is 1.57. The minimum atomic E-state index is -0.501. The maximum absolute atomic E-state index is 12.9. The van der Waals surface area contributed by atoms with E-state index in [2.05, 4.69) is 50.6 Å². The van der Waals surface area contributed by atoms with Gasteiger partial charge in [0, 0.05) is 25.0 Å². The van der Waals surface area contributed by atoms with Gasteiger partial charge in [-0.3, -0.25) is 4.79 Å². The van der Waals surface area contributed by atoms with Crippen LogP contribution in [0.5, 0.6) is 5.75 Å². The van der Waals surface area contributed by atoms with Crippen LogP contribution < -0.4 is 4.74 Å². The van der Waals surface area contributed by atoms with Crippen molar-refractivity contribution in [3.63, 3.8) is 0 Å². The molecule has 2 aromatic rings. The number of ether oxygens (including phenoxy) is 1. The summed E-state index contributed by atoms with van der Waals surface area (Å²) < 4.78 is 8.20. The van der Waals surface area contributed by atoms with E-state index in [1.54, 1.807) is 0 Å². The molecule has 0 fully saturated rings. The van der Waals surface area contributed by atoms with Crippen molar-refractivity contribution in [2.75, 3.05) is 6.54 Å². The number of benzene rings is 1. The fraction of sp³-hybridized carbons (Fsp3) is 0.476. The molecule has 25 heavy (non-hydrogen) atoms. The van der Waals surface area contributed by atoms with Crippen molar-refractivity contribution in [3.8, 4) is 5.75 Å². The molecule has 2 unspecified atom stereocenters. The predicted octanol–water partition coefficient (Wildman–Crippen LogP) is 4.16. The summed E-state index contributed by atoms with van der Waals surface area (Å²) >= 11 is 0. The predicted molar refractivity (Wildman–Crippen MR) is 99.8 cm³/mol. The Labute approximate surface area is 150 Å². The van der Waals surface area contributed by atoms with E-state index in [0.717, 1.165) is 18.8 Å². The first-order chi connectivity index (χ1) is 11.8. The van der Waals surface area contributed by atoms with Crippen LogP contribution in [0.4, 0.5) is 0 Å². The zero-order valence-corrected chi connectivity index (χ0v) is 15.8. The van der Waals surface area contributed by atoms with Crippen LogP contribution in [0.25, 0.3) is 0 Å². The molecule has 1 aliphatic rings. The van der Waals surface area contributed by atoms with Gasteiger partial charge in [-0.25, -0.2) is 0 Å². The molecule has 0 radical (unpaired) electrons. The van der Waals surface area contributed by atoms with E-state index in [9.17, 15) is 4.79 Å². The molecule has 0 spiro atoms. The quantitative estimate of drug-likeness (QED) is 0.841. The van der Waals surface area contributed by atoms with Crippen molar-refractivity contribution in [3.05, 3.63) is 53.9 Å². The van der Waals surface area contributed by atoms with Crippen molar-refractivity contribution in [1.82, 2.24) is 9.47 Å². The number of rotatable bonds is 3. The fourth-order valence-corrected chi connectivity index (χ4v) is 3.40. The fourth-order valence-electron chi connectivity index (χ4n) is 3.40. The third kappa shape index (κ3) is 3.58. The van der Waals surface area contributed by atoms with E-state index >= 15 is 0 Å². The van der Waals surface area contributed by atoms with Gasteiger partial charge in [0.15, 0.2) is 6.10 Å². The maximum Gasteiger partial charge on any atom is 0.263 e. The molecule has 2 atom stereocenters. The largest absolute Gasteiger partial charge is 0.481 e. The molecule has 4 nitrogen and oxygen atoms in total. The minimum absolute atomic E-state index is 0.0427. The van der Waals surface area contributed by atoms with Crippen LogP contribution in [0.2, 0.25) is 0 Å². The lowest BCUT2D eigenvalue weighted by Crippen LogP contribution is -2.46. The van der Waals surface area contributed by atoms with Crippen molar-refractivity contribution in [2.24, 2.45) is 0 Å². The van der Waals surface area contributed by atoms with Gasteiger partial charge in [0.25, 0.3) is 5.91 Å². The highest BCUT2D eigenvalue weighted by atomic mass is 16.5. The third-order valence-electron chi connectivity index (χ3n) is 4.99. The lowest BCUT2D eigenvalue weighted by molar-refractivity contribution is -0.141. The standard InChI is InChI=1S/C21H28N2O2/c1-15-19-10-7-11-22(19)12-13-23(15)20(24)16(2)25-18-9-6-8-17(14-18)21(3,4)5/h6-11,14-16H,12-13H2,1-5H3. The lowest BCUT2D eigenvalue weighted by Gasteiger charge is -2.36. The monoisotopic (exact) mass is 340 g/mol. The molecular weight excluding hydrogens is 312 g/mol. The number of carbonyl (C=O) groups is 1. The first-order valence-electron chi connectivity index (χ1n) is 9.00. The zero-order chi connectivity index (χ0) is 18.2. The Morgan fingerprint density at radius 3 is 2.68 bits per heavy atom. The van der Waals surface area contributed by atoms with Crippen molar-refractivity contribution >= 4 is 5.91 Å². The normalized spacial score (nSPS) is 18.6. The van der Waals surface area contributed by atoms with E-state index < -0.39 is 6.10 Å². The Balaban J connectivity index is 1.72. The van der Waals surface area contributed by atoms with Gasteiger partial charge in [-0.2, -0.15) is 0 Å². The van der Waals surface area contributed by atoms with Gasteiger partial charge in [-0.1, -0.05) is 32.9 Å². The molecule has 0 bridgehead atoms. The number of nitrogens with zero attached hydrogens (tertiary/aromatic N) is 2. The Morgan fingerprint density at radius 1 is 1.20 bits per heavy atom. The average molecular weight is 340 g/mol. The molecule has 0 aliphatic carbocycles. The SMILES string of the molecule is CC(Oc1cccc(C(C)(C)C)c1)C(=O)N1CCn2cccc2C1C. The highest BCUT2D eigenvalue weighted by molar-refractivity contribution is 5.81. The summed E-state index contributed by atoms with van der Waals surface area (Å²) in [4.78, 5) is 14.8. The highest BCUT2D eigenvalue weighted by Gasteiger charge is 2.31. The van der Waals surface area contributed by atoms with Crippen molar-refractivity contribution in [2.45, 2.75) is 58.7 Å². The smallest absolute Gasteiger partial charge is 0.263 e. The Hall–Kier alpha value is -2.23. The lowest BCUT2D eigenvalue weighted by atomic mass is 9.87. The van der Waals surface area contributed by atoms with Gasteiger partial charge in [-0.15, -0.1) is 0 Å². The number of carbonyl (C=O) groups excluding carboxylic acids is 1. The molecule has 134 valence electrons. The van der Waals surface area contributed by atoms with Crippen LogP contribution in [0.1, 0.15) is 51.9 Å². The van der Waals surface area contributed by atoms with Gasteiger partial charge >= 0.3 is 0 Å². The first kappa shape index (κ1) is 17.6. The van der Waals surface area contributed by atoms with Crippen LogP contribution in [0, 0.1) is 0 Å². The van der Waals surface area contributed by atoms with E-state index in [4.69, 9.17) is 4.74 Å². The summed E-state index contributed by atoms with van der Waals surface area (Å²) in [6.45, 7) is 12.0. The maximum atomic E-state index is 12.9. The van der Waals surface area contributed by atoms with Crippen molar-refractivity contribution < 1.29 is 9.53 Å². The highest BCUT2D eigenvalue weighted by Crippen LogP contribution is 2.28. The number of hydrogen-bond donors (Lipinski definition) is 0. The van der Waals surface area contributed by atoms with Gasteiger partial charge in [-0.05, 0) is 49.1 Å². The second-order valence-electron chi connectivity index (χ2n) is 7.87. The molecule has 1 aromatic heterocycles. The average Bonchev–Trinajstić information content (AvgIpc) is 3.03. The molecule has 0 saturated carbocycles. The molecule has 1 aromatic carbocycles.